The number of ether oxygens (including phenoxy) is 1. The Labute approximate surface area is 205 Å². The Morgan fingerprint density at radius 1 is 1.22 bits per heavy atom. The highest BCUT2D eigenvalue weighted by Crippen LogP contribution is 2.47. The van der Waals surface area contributed by atoms with E-state index in [1.807, 2.05) is 30.3 Å². The molecule has 1 heterocycles. The summed E-state index contributed by atoms with van der Waals surface area (Å²) in [7, 11) is 3.44. The Hall–Kier alpha value is -2.36. The third-order valence-electron chi connectivity index (χ3n) is 6.03. The van der Waals surface area contributed by atoms with Crippen LogP contribution < -0.4 is 15.4 Å². The Morgan fingerprint density at radius 3 is 2.72 bits per heavy atom. The summed E-state index contributed by atoms with van der Waals surface area (Å²) in [6.07, 6.45) is 2.79. The van der Waals surface area contributed by atoms with Crippen molar-refractivity contribution in [3.8, 4) is 5.75 Å². The van der Waals surface area contributed by atoms with E-state index in [2.05, 4.69) is 15.6 Å². The number of nitrogens with one attached hydrogen (secondary N) is 2. The predicted octanol–water partition coefficient (Wildman–Crippen LogP) is 3.62. The van der Waals surface area contributed by atoms with Gasteiger partial charge in [-0.1, -0.05) is 30.3 Å². The highest BCUT2D eigenvalue weighted by Gasteiger charge is 2.44. The number of hydrogen-bond donors (Lipinski definition) is 2. The lowest BCUT2D eigenvalue weighted by Gasteiger charge is -2.29. The summed E-state index contributed by atoms with van der Waals surface area (Å²) < 4.78 is 19.5. The molecule has 1 saturated carbocycles. The maximum atomic E-state index is 13.7. The van der Waals surface area contributed by atoms with Gasteiger partial charge in [0.15, 0.2) is 5.96 Å². The first-order chi connectivity index (χ1) is 15.0. The van der Waals surface area contributed by atoms with E-state index in [1.54, 1.807) is 26.2 Å². The fourth-order valence-electron chi connectivity index (χ4n) is 3.89. The molecule has 1 aliphatic heterocycles. The van der Waals surface area contributed by atoms with Crippen molar-refractivity contribution in [2.45, 2.75) is 30.7 Å². The van der Waals surface area contributed by atoms with Crippen LogP contribution in [0.4, 0.5) is 4.39 Å². The second kappa shape index (κ2) is 10.5. The van der Waals surface area contributed by atoms with Gasteiger partial charge >= 0.3 is 0 Å². The van der Waals surface area contributed by atoms with Crippen molar-refractivity contribution in [2.75, 3.05) is 33.8 Å². The van der Waals surface area contributed by atoms with Gasteiger partial charge in [0.05, 0.1) is 12.6 Å². The van der Waals surface area contributed by atoms with Crippen LogP contribution in [0.2, 0.25) is 0 Å². The molecule has 0 aromatic heterocycles. The molecule has 2 N–H and O–H groups in total. The lowest BCUT2D eigenvalue weighted by Crippen LogP contribution is -2.44. The molecule has 0 spiro atoms. The Morgan fingerprint density at radius 2 is 2.00 bits per heavy atom. The van der Waals surface area contributed by atoms with Crippen LogP contribution in [0, 0.1) is 5.82 Å². The number of guanidine groups is 1. The molecule has 2 aromatic carbocycles. The molecule has 1 aliphatic carbocycles. The summed E-state index contributed by atoms with van der Waals surface area (Å²) in [6, 6.07) is 14.8. The van der Waals surface area contributed by atoms with Crippen molar-refractivity contribution in [1.29, 1.82) is 0 Å². The van der Waals surface area contributed by atoms with Crippen LogP contribution in [0.5, 0.6) is 5.75 Å². The normalized spacial score (nSPS) is 18.5. The number of halogens is 2. The van der Waals surface area contributed by atoms with E-state index < -0.39 is 0 Å². The van der Waals surface area contributed by atoms with Crippen molar-refractivity contribution < 1.29 is 13.9 Å². The molecule has 1 atom stereocenters. The van der Waals surface area contributed by atoms with E-state index in [4.69, 9.17) is 4.74 Å². The summed E-state index contributed by atoms with van der Waals surface area (Å²) in [5.74, 6) is 1.17. The molecule has 6 nitrogen and oxygen atoms in total. The fourth-order valence-corrected chi connectivity index (χ4v) is 3.89. The zero-order valence-electron chi connectivity index (χ0n) is 18.4. The molecular formula is C24H30FIN4O2. The highest BCUT2D eigenvalue weighted by molar-refractivity contribution is 14.0. The first-order valence-corrected chi connectivity index (χ1v) is 10.7. The number of benzene rings is 2. The van der Waals surface area contributed by atoms with Gasteiger partial charge in [0, 0.05) is 38.0 Å². The molecule has 1 amide bonds. The van der Waals surface area contributed by atoms with Gasteiger partial charge in [-0.2, -0.15) is 0 Å². The Balaban J connectivity index is 0.00000289. The maximum Gasteiger partial charge on any atom is 0.243 e. The molecular weight excluding hydrogens is 522 g/mol. The molecule has 4 rings (SSSR count). The molecule has 0 saturated heterocycles. The summed E-state index contributed by atoms with van der Waals surface area (Å²) in [6.45, 7) is 1.30. The van der Waals surface area contributed by atoms with Crippen LogP contribution in [-0.2, 0) is 10.2 Å². The predicted molar refractivity (Wildman–Crippen MR) is 134 cm³/mol. The topological polar surface area (TPSA) is 66.0 Å². The second-order valence-electron chi connectivity index (χ2n) is 8.47. The van der Waals surface area contributed by atoms with Crippen LogP contribution in [0.15, 0.2) is 53.5 Å². The highest BCUT2D eigenvalue weighted by atomic mass is 127. The van der Waals surface area contributed by atoms with Crippen molar-refractivity contribution in [3.05, 3.63) is 65.5 Å². The lowest BCUT2D eigenvalue weighted by atomic mass is 9.96. The van der Waals surface area contributed by atoms with Crippen molar-refractivity contribution in [2.24, 2.45) is 4.99 Å². The molecule has 2 aromatic rings. The SMILES string of the molecule is CN(C)C(=O)CN=C(NCC1(c2cccc(F)c2)CC1)NC1CCOc2ccccc21.I. The van der Waals surface area contributed by atoms with Crippen LogP contribution in [0.1, 0.15) is 36.4 Å². The number of hydrogen-bond acceptors (Lipinski definition) is 3. The Kier molecular flexibility index (Phi) is 7.97. The number of likely N-dealkylation sites (N-methyl/N-ethyl adjacent to an activating group) is 1. The van der Waals surface area contributed by atoms with Crippen molar-refractivity contribution in [1.82, 2.24) is 15.5 Å². The van der Waals surface area contributed by atoms with Crippen LogP contribution in [0.3, 0.4) is 0 Å². The third kappa shape index (κ3) is 5.70. The maximum absolute atomic E-state index is 13.7. The summed E-state index contributed by atoms with van der Waals surface area (Å²) in [5, 5.41) is 6.90. The Bertz CT molecular complexity index is 978. The minimum Gasteiger partial charge on any atom is -0.493 e. The third-order valence-corrected chi connectivity index (χ3v) is 6.03. The molecule has 2 aliphatic rings. The number of fused-ring (bicyclic) bond motifs is 1. The second-order valence-corrected chi connectivity index (χ2v) is 8.47. The van der Waals surface area contributed by atoms with Crippen LogP contribution >= 0.6 is 24.0 Å². The molecule has 172 valence electrons. The summed E-state index contributed by atoms with van der Waals surface area (Å²) >= 11 is 0. The summed E-state index contributed by atoms with van der Waals surface area (Å²) in [5.41, 5.74) is 1.98. The number of carbonyl (C=O) groups excluding carboxylic acids is 1. The van der Waals surface area contributed by atoms with E-state index in [0.717, 1.165) is 36.1 Å². The minimum absolute atomic E-state index is 0. The number of rotatable bonds is 6. The van der Waals surface area contributed by atoms with Crippen molar-refractivity contribution >= 4 is 35.8 Å². The van der Waals surface area contributed by atoms with Gasteiger partial charge in [-0.15, -0.1) is 24.0 Å². The van der Waals surface area contributed by atoms with Gasteiger partial charge in [0.1, 0.15) is 18.1 Å². The zero-order valence-corrected chi connectivity index (χ0v) is 20.8. The standard InChI is InChI=1S/C24H29FN4O2.HI/c1-29(2)22(30)15-26-23(28-20-10-13-31-21-9-4-3-8-19(20)21)27-16-24(11-12-24)17-6-5-7-18(25)14-17;/h3-9,14,20H,10-13,15-16H2,1-2H3,(H2,26,27,28);1H. The first kappa shape index (κ1) is 24.3. The average molecular weight is 552 g/mol. The van der Waals surface area contributed by atoms with Gasteiger partial charge in [0.25, 0.3) is 0 Å². The van der Waals surface area contributed by atoms with Gasteiger partial charge in [-0.25, -0.2) is 9.38 Å². The largest absolute Gasteiger partial charge is 0.493 e. The lowest BCUT2D eigenvalue weighted by molar-refractivity contribution is -0.127. The molecule has 1 fully saturated rings. The van der Waals surface area contributed by atoms with Crippen LogP contribution in [0.25, 0.3) is 0 Å². The van der Waals surface area contributed by atoms with E-state index in [0.29, 0.717) is 19.1 Å². The van der Waals surface area contributed by atoms with Crippen molar-refractivity contribution in [3.63, 3.8) is 0 Å². The quantitative estimate of drug-likeness (QED) is 0.327. The van der Waals surface area contributed by atoms with E-state index >= 15 is 0 Å². The van der Waals surface area contributed by atoms with Crippen LogP contribution in [-0.4, -0.2) is 50.6 Å². The van der Waals surface area contributed by atoms with Gasteiger partial charge < -0.3 is 20.3 Å². The number of nitrogens with zero attached hydrogens (tertiary/aromatic N) is 2. The minimum atomic E-state index is -0.216. The van der Waals surface area contributed by atoms with E-state index in [1.165, 1.54) is 11.0 Å². The number of aliphatic imine (C=N–C) groups is 1. The zero-order chi connectivity index (χ0) is 21.8. The molecule has 0 bridgehead atoms. The smallest absolute Gasteiger partial charge is 0.243 e. The van der Waals surface area contributed by atoms with Gasteiger partial charge in [-0.3, -0.25) is 4.79 Å². The number of amides is 1. The molecule has 8 heteroatoms. The summed E-state index contributed by atoms with van der Waals surface area (Å²) in [4.78, 5) is 18.2. The monoisotopic (exact) mass is 552 g/mol. The average Bonchev–Trinajstić information content (AvgIpc) is 3.56. The molecule has 32 heavy (non-hydrogen) atoms. The molecule has 0 radical (unpaired) electrons. The van der Waals surface area contributed by atoms with Gasteiger partial charge in [0.2, 0.25) is 5.91 Å². The number of carbonyl (C=O) groups is 1. The van der Waals surface area contributed by atoms with E-state index in [-0.39, 0.29) is 53.7 Å². The fraction of sp³-hybridized carbons (Fsp3) is 0.417. The number of para-hydroxylation sites is 1. The van der Waals surface area contributed by atoms with E-state index in [9.17, 15) is 9.18 Å². The first-order valence-electron chi connectivity index (χ1n) is 10.7. The van der Waals surface area contributed by atoms with Gasteiger partial charge in [-0.05, 0) is 36.6 Å². The molecule has 1 unspecified atom stereocenters.